The number of benzene rings is 1. The molecule has 2 aromatic heterocycles. The van der Waals surface area contributed by atoms with E-state index in [2.05, 4.69) is 36.5 Å². The molecular formula is C18H16BrN5O2S. The number of anilines is 2. The van der Waals surface area contributed by atoms with E-state index in [1.54, 1.807) is 47.7 Å². The molecular weight excluding hydrogens is 430 g/mol. The van der Waals surface area contributed by atoms with Gasteiger partial charge < -0.3 is 10.6 Å². The normalized spacial score (nSPS) is 10.4. The van der Waals surface area contributed by atoms with E-state index >= 15 is 0 Å². The minimum Gasteiger partial charge on any atom is -0.325 e. The van der Waals surface area contributed by atoms with Gasteiger partial charge in [0.25, 0.3) is 0 Å². The summed E-state index contributed by atoms with van der Waals surface area (Å²) in [5, 5.41) is 5.55. The highest BCUT2D eigenvalue weighted by molar-refractivity contribution is 9.10. The van der Waals surface area contributed by atoms with Gasteiger partial charge in [-0.2, -0.15) is 0 Å². The molecule has 0 saturated heterocycles. The summed E-state index contributed by atoms with van der Waals surface area (Å²) in [6.45, 7) is 0. The van der Waals surface area contributed by atoms with Gasteiger partial charge in [-0.1, -0.05) is 22.0 Å². The molecule has 2 amide bonds. The van der Waals surface area contributed by atoms with Crippen LogP contribution in [0.4, 0.5) is 11.4 Å². The number of nitrogens with zero attached hydrogens (tertiary/aromatic N) is 3. The lowest BCUT2D eigenvalue weighted by Crippen LogP contribution is -2.18. The number of thioether (sulfide) groups is 1. The molecule has 138 valence electrons. The van der Waals surface area contributed by atoms with E-state index in [9.17, 15) is 9.59 Å². The van der Waals surface area contributed by atoms with Crippen LogP contribution in [0.2, 0.25) is 0 Å². The fourth-order valence-corrected chi connectivity index (χ4v) is 3.22. The lowest BCUT2D eigenvalue weighted by molar-refractivity contribution is -0.114. The van der Waals surface area contributed by atoms with Gasteiger partial charge in [-0.05, 0) is 30.3 Å². The average Bonchev–Trinajstić information content (AvgIpc) is 3.17. The molecule has 0 aliphatic rings. The Kier molecular flexibility index (Phi) is 6.61. The van der Waals surface area contributed by atoms with E-state index < -0.39 is 0 Å². The van der Waals surface area contributed by atoms with Gasteiger partial charge in [0, 0.05) is 22.6 Å². The number of rotatable bonds is 7. The minimum absolute atomic E-state index is 0.155. The van der Waals surface area contributed by atoms with E-state index in [4.69, 9.17) is 0 Å². The number of nitrogens with one attached hydrogen (secondary N) is 2. The Morgan fingerprint density at radius 1 is 1.07 bits per heavy atom. The van der Waals surface area contributed by atoms with Crippen LogP contribution in [0.1, 0.15) is 0 Å². The Morgan fingerprint density at radius 2 is 1.85 bits per heavy atom. The second-order valence-electron chi connectivity index (χ2n) is 5.47. The van der Waals surface area contributed by atoms with Crippen LogP contribution in [0.3, 0.4) is 0 Å². The first kappa shape index (κ1) is 19.1. The summed E-state index contributed by atoms with van der Waals surface area (Å²) in [5.74, 6) is 0.737. The maximum Gasteiger partial charge on any atom is 0.234 e. The Bertz CT molecular complexity index is 916. The molecule has 0 radical (unpaired) electrons. The van der Waals surface area contributed by atoms with Crippen LogP contribution in [0.25, 0.3) is 5.82 Å². The lowest BCUT2D eigenvalue weighted by atomic mass is 10.3. The molecule has 0 fully saturated rings. The Hall–Kier alpha value is -2.65. The van der Waals surface area contributed by atoms with Crippen molar-refractivity contribution in [3.8, 4) is 5.82 Å². The standard InChI is InChI=1S/C18H16BrN5O2S/c19-13-2-1-3-14(8-13)22-17(25)10-27-11-18(26)23-15-4-5-16(21-9-15)24-7-6-20-12-24/h1-9,12H,10-11H2,(H,22,25)(H,23,26). The highest BCUT2D eigenvalue weighted by Crippen LogP contribution is 2.16. The zero-order valence-corrected chi connectivity index (χ0v) is 16.5. The third-order valence-electron chi connectivity index (χ3n) is 3.38. The monoisotopic (exact) mass is 445 g/mol. The summed E-state index contributed by atoms with van der Waals surface area (Å²) in [6, 6.07) is 10.9. The summed E-state index contributed by atoms with van der Waals surface area (Å²) >= 11 is 4.60. The van der Waals surface area contributed by atoms with E-state index in [1.165, 1.54) is 11.8 Å². The largest absolute Gasteiger partial charge is 0.325 e. The number of imidazole rings is 1. The molecule has 0 aliphatic carbocycles. The Balaban J connectivity index is 1.41. The molecule has 0 atom stereocenters. The van der Waals surface area contributed by atoms with Crippen LogP contribution < -0.4 is 10.6 Å². The average molecular weight is 446 g/mol. The first-order valence-electron chi connectivity index (χ1n) is 7.97. The van der Waals surface area contributed by atoms with Crippen molar-refractivity contribution in [3.63, 3.8) is 0 Å². The Morgan fingerprint density at radius 3 is 2.48 bits per heavy atom. The van der Waals surface area contributed by atoms with E-state index in [-0.39, 0.29) is 23.3 Å². The SMILES string of the molecule is O=C(CSCC(=O)Nc1cccc(Br)c1)Nc1ccc(-n2ccnc2)nc1. The topological polar surface area (TPSA) is 88.9 Å². The van der Waals surface area contributed by atoms with Crippen LogP contribution in [-0.4, -0.2) is 37.9 Å². The summed E-state index contributed by atoms with van der Waals surface area (Å²) in [5.41, 5.74) is 1.31. The second-order valence-corrected chi connectivity index (χ2v) is 7.38. The third-order valence-corrected chi connectivity index (χ3v) is 4.80. The first-order chi connectivity index (χ1) is 13.1. The zero-order valence-electron chi connectivity index (χ0n) is 14.1. The molecule has 0 aliphatic heterocycles. The molecule has 0 unspecified atom stereocenters. The smallest absolute Gasteiger partial charge is 0.234 e. The van der Waals surface area contributed by atoms with Crippen molar-refractivity contribution >= 4 is 50.9 Å². The number of hydrogen-bond donors (Lipinski definition) is 2. The van der Waals surface area contributed by atoms with Gasteiger partial charge in [-0.3, -0.25) is 14.2 Å². The summed E-state index contributed by atoms with van der Waals surface area (Å²) in [4.78, 5) is 32.1. The van der Waals surface area contributed by atoms with Gasteiger partial charge in [-0.25, -0.2) is 9.97 Å². The maximum atomic E-state index is 12.0. The number of halogens is 1. The molecule has 3 aromatic rings. The van der Waals surface area contributed by atoms with Crippen molar-refractivity contribution in [1.82, 2.24) is 14.5 Å². The van der Waals surface area contributed by atoms with Crippen LogP contribution in [-0.2, 0) is 9.59 Å². The molecule has 2 heterocycles. The number of carbonyl (C=O) groups excluding carboxylic acids is 2. The number of hydrogen-bond acceptors (Lipinski definition) is 5. The van der Waals surface area contributed by atoms with Gasteiger partial charge >= 0.3 is 0 Å². The predicted molar refractivity (Wildman–Crippen MR) is 110 cm³/mol. The highest BCUT2D eigenvalue weighted by Gasteiger charge is 2.07. The minimum atomic E-state index is -0.188. The van der Waals surface area contributed by atoms with Crippen LogP contribution in [0, 0.1) is 0 Å². The molecule has 27 heavy (non-hydrogen) atoms. The number of amides is 2. The molecule has 0 saturated carbocycles. The summed E-state index contributed by atoms with van der Waals surface area (Å²) < 4.78 is 2.66. The maximum absolute atomic E-state index is 12.0. The number of pyridine rings is 1. The highest BCUT2D eigenvalue weighted by atomic mass is 79.9. The van der Waals surface area contributed by atoms with E-state index in [0.29, 0.717) is 17.2 Å². The lowest BCUT2D eigenvalue weighted by Gasteiger charge is -2.07. The molecule has 7 nitrogen and oxygen atoms in total. The van der Waals surface area contributed by atoms with Crippen LogP contribution >= 0.6 is 27.7 Å². The Labute approximate surface area is 168 Å². The van der Waals surface area contributed by atoms with Gasteiger partial charge in [0.05, 0.1) is 23.4 Å². The molecule has 3 rings (SSSR count). The molecule has 0 bridgehead atoms. The number of aromatic nitrogens is 3. The summed E-state index contributed by atoms with van der Waals surface area (Å²) in [7, 11) is 0. The molecule has 0 spiro atoms. The van der Waals surface area contributed by atoms with Crippen molar-refractivity contribution in [3.05, 3.63) is 65.8 Å². The van der Waals surface area contributed by atoms with Crippen LogP contribution in [0.15, 0.2) is 65.8 Å². The second kappa shape index (κ2) is 9.33. The van der Waals surface area contributed by atoms with Crippen molar-refractivity contribution in [1.29, 1.82) is 0 Å². The molecule has 9 heteroatoms. The van der Waals surface area contributed by atoms with Crippen LogP contribution in [0.5, 0.6) is 0 Å². The first-order valence-corrected chi connectivity index (χ1v) is 9.92. The van der Waals surface area contributed by atoms with E-state index in [0.717, 1.165) is 4.47 Å². The quantitative estimate of drug-likeness (QED) is 0.581. The number of carbonyl (C=O) groups is 2. The van der Waals surface area contributed by atoms with Crippen molar-refractivity contribution in [2.75, 3.05) is 22.1 Å². The summed E-state index contributed by atoms with van der Waals surface area (Å²) in [6.07, 6.45) is 6.69. The van der Waals surface area contributed by atoms with Crippen molar-refractivity contribution < 1.29 is 9.59 Å². The fraction of sp³-hybridized carbons (Fsp3) is 0.111. The van der Waals surface area contributed by atoms with E-state index in [1.807, 2.05) is 18.2 Å². The van der Waals surface area contributed by atoms with Crippen molar-refractivity contribution in [2.24, 2.45) is 0 Å². The van der Waals surface area contributed by atoms with Crippen molar-refractivity contribution in [2.45, 2.75) is 0 Å². The van der Waals surface area contributed by atoms with Gasteiger partial charge in [0.2, 0.25) is 11.8 Å². The van der Waals surface area contributed by atoms with Gasteiger partial charge in [0.1, 0.15) is 12.1 Å². The fourth-order valence-electron chi connectivity index (χ4n) is 2.20. The zero-order chi connectivity index (χ0) is 19.1. The molecule has 1 aromatic carbocycles. The van der Waals surface area contributed by atoms with Gasteiger partial charge in [0.15, 0.2) is 0 Å². The third kappa shape index (κ3) is 5.93. The predicted octanol–water partition coefficient (Wildman–Crippen LogP) is 3.34. The van der Waals surface area contributed by atoms with Gasteiger partial charge in [-0.15, -0.1) is 11.8 Å². The molecule has 2 N–H and O–H groups in total.